The molecular weight excluding hydrogens is 319 g/mol. The summed E-state index contributed by atoms with van der Waals surface area (Å²) in [6, 6.07) is 17.0. The minimum Gasteiger partial charge on any atom is -0.348 e. The third-order valence-electron chi connectivity index (χ3n) is 3.91. The average molecular weight is 336 g/mol. The number of rotatable bonds is 4. The van der Waals surface area contributed by atoms with Gasteiger partial charge in [0, 0.05) is 17.8 Å². The molecule has 0 aliphatic rings. The van der Waals surface area contributed by atoms with Crippen molar-refractivity contribution in [2.24, 2.45) is 0 Å². The number of benzene rings is 2. The molecule has 0 saturated heterocycles. The van der Waals surface area contributed by atoms with Gasteiger partial charge in [0.25, 0.3) is 11.5 Å². The van der Waals surface area contributed by atoms with E-state index in [-0.39, 0.29) is 12.1 Å². The van der Waals surface area contributed by atoms with E-state index in [4.69, 9.17) is 0 Å². The minimum atomic E-state index is -0.542. The molecule has 1 heterocycles. The van der Waals surface area contributed by atoms with Crippen molar-refractivity contribution in [1.82, 2.24) is 10.3 Å². The topological polar surface area (TPSA) is 62.0 Å². The summed E-state index contributed by atoms with van der Waals surface area (Å²) in [6.45, 7) is 2.00. The van der Waals surface area contributed by atoms with Gasteiger partial charge >= 0.3 is 0 Å². The number of carbonyl (C=O) groups is 1. The van der Waals surface area contributed by atoms with Crippen molar-refractivity contribution in [2.45, 2.75) is 13.5 Å². The van der Waals surface area contributed by atoms with Gasteiger partial charge in [0.15, 0.2) is 0 Å². The van der Waals surface area contributed by atoms with E-state index in [0.29, 0.717) is 11.3 Å². The monoisotopic (exact) mass is 336 g/mol. The highest BCUT2D eigenvalue weighted by molar-refractivity contribution is 5.94. The van der Waals surface area contributed by atoms with Crippen molar-refractivity contribution in [3.05, 3.63) is 93.5 Å². The molecule has 0 aliphatic heterocycles. The number of hydrogen-bond donors (Lipinski definition) is 2. The van der Waals surface area contributed by atoms with Crippen LogP contribution in [0.1, 0.15) is 21.5 Å². The summed E-state index contributed by atoms with van der Waals surface area (Å²) < 4.78 is 13.6. The zero-order chi connectivity index (χ0) is 17.8. The molecule has 0 unspecified atom stereocenters. The molecule has 0 bridgehead atoms. The van der Waals surface area contributed by atoms with E-state index in [0.717, 1.165) is 11.1 Å². The Balaban J connectivity index is 1.76. The van der Waals surface area contributed by atoms with Gasteiger partial charge in [-0.25, -0.2) is 4.39 Å². The molecule has 25 heavy (non-hydrogen) atoms. The van der Waals surface area contributed by atoms with E-state index >= 15 is 0 Å². The largest absolute Gasteiger partial charge is 0.348 e. The van der Waals surface area contributed by atoms with E-state index < -0.39 is 17.3 Å². The highest BCUT2D eigenvalue weighted by Crippen LogP contribution is 2.16. The summed E-state index contributed by atoms with van der Waals surface area (Å²) in [7, 11) is 0. The molecule has 0 aliphatic carbocycles. The van der Waals surface area contributed by atoms with Crippen molar-refractivity contribution in [2.75, 3.05) is 0 Å². The molecule has 0 spiro atoms. The van der Waals surface area contributed by atoms with Gasteiger partial charge in [0.2, 0.25) is 0 Å². The van der Waals surface area contributed by atoms with Crippen LogP contribution in [0.25, 0.3) is 11.3 Å². The van der Waals surface area contributed by atoms with Crippen LogP contribution in [0.3, 0.4) is 0 Å². The van der Waals surface area contributed by atoms with Gasteiger partial charge in [0.05, 0.1) is 0 Å². The Morgan fingerprint density at radius 1 is 1.04 bits per heavy atom. The summed E-state index contributed by atoms with van der Waals surface area (Å²) in [6.07, 6.45) is 0. The normalized spacial score (nSPS) is 10.5. The van der Waals surface area contributed by atoms with Crippen LogP contribution < -0.4 is 10.9 Å². The van der Waals surface area contributed by atoms with Crippen LogP contribution in [-0.2, 0) is 6.54 Å². The first-order valence-corrected chi connectivity index (χ1v) is 7.86. The summed E-state index contributed by atoms with van der Waals surface area (Å²) >= 11 is 0. The van der Waals surface area contributed by atoms with Crippen LogP contribution in [0.5, 0.6) is 0 Å². The summed E-state index contributed by atoms with van der Waals surface area (Å²) in [5.41, 5.74) is 2.49. The fourth-order valence-corrected chi connectivity index (χ4v) is 2.47. The number of halogens is 1. The van der Waals surface area contributed by atoms with Crippen molar-refractivity contribution in [3.63, 3.8) is 0 Å². The summed E-state index contributed by atoms with van der Waals surface area (Å²) in [5.74, 6) is -0.939. The van der Waals surface area contributed by atoms with E-state index in [9.17, 15) is 14.0 Å². The molecule has 0 radical (unpaired) electrons. The van der Waals surface area contributed by atoms with Gasteiger partial charge in [-0.3, -0.25) is 9.59 Å². The quantitative estimate of drug-likeness (QED) is 0.767. The van der Waals surface area contributed by atoms with Gasteiger partial charge < -0.3 is 10.3 Å². The molecule has 3 rings (SSSR count). The van der Waals surface area contributed by atoms with Crippen LogP contribution in [0.2, 0.25) is 0 Å². The molecule has 5 heteroatoms. The van der Waals surface area contributed by atoms with Gasteiger partial charge in [-0.2, -0.15) is 0 Å². The lowest BCUT2D eigenvalue weighted by Gasteiger charge is -2.07. The van der Waals surface area contributed by atoms with Crippen LogP contribution >= 0.6 is 0 Å². The van der Waals surface area contributed by atoms with Crippen molar-refractivity contribution in [1.29, 1.82) is 0 Å². The van der Waals surface area contributed by atoms with Crippen LogP contribution in [0.15, 0.2) is 65.5 Å². The molecule has 0 saturated carbocycles. The highest BCUT2D eigenvalue weighted by atomic mass is 19.1. The molecule has 3 aromatic rings. The molecule has 4 nitrogen and oxygen atoms in total. The van der Waals surface area contributed by atoms with Gasteiger partial charge in [-0.05, 0) is 30.7 Å². The van der Waals surface area contributed by atoms with Gasteiger partial charge in [0.1, 0.15) is 11.4 Å². The van der Waals surface area contributed by atoms with Crippen molar-refractivity contribution in [3.8, 4) is 11.3 Å². The van der Waals surface area contributed by atoms with Crippen LogP contribution in [-0.4, -0.2) is 10.9 Å². The lowest BCUT2D eigenvalue weighted by atomic mass is 10.1. The molecule has 0 atom stereocenters. The summed E-state index contributed by atoms with van der Waals surface area (Å²) in [4.78, 5) is 27.1. The SMILES string of the molecule is Cc1ccc(-c2ccc(C(=O)NCc3ccccc3F)c(=O)[nH]2)cc1. The molecule has 1 aromatic heterocycles. The molecule has 0 fully saturated rings. The molecule has 2 N–H and O–H groups in total. The predicted molar refractivity (Wildman–Crippen MR) is 94.8 cm³/mol. The van der Waals surface area contributed by atoms with Gasteiger partial charge in [-0.1, -0.05) is 48.0 Å². The first-order valence-electron chi connectivity index (χ1n) is 7.86. The number of nitrogens with one attached hydrogen (secondary N) is 2. The predicted octanol–water partition coefficient (Wildman–Crippen LogP) is 3.42. The number of hydrogen-bond acceptors (Lipinski definition) is 2. The van der Waals surface area contributed by atoms with E-state index in [1.807, 2.05) is 31.2 Å². The molecule has 2 aromatic carbocycles. The van der Waals surface area contributed by atoms with E-state index in [1.54, 1.807) is 24.3 Å². The van der Waals surface area contributed by atoms with Crippen molar-refractivity contribution >= 4 is 5.91 Å². The maximum atomic E-state index is 13.6. The molecule has 126 valence electrons. The fraction of sp³-hybridized carbons (Fsp3) is 0.100. The maximum Gasteiger partial charge on any atom is 0.261 e. The smallest absolute Gasteiger partial charge is 0.261 e. The average Bonchev–Trinajstić information content (AvgIpc) is 2.61. The Bertz CT molecular complexity index is 962. The van der Waals surface area contributed by atoms with Gasteiger partial charge in [-0.15, -0.1) is 0 Å². The lowest BCUT2D eigenvalue weighted by molar-refractivity contribution is 0.0949. The second-order valence-electron chi connectivity index (χ2n) is 5.75. The first kappa shape index (κ1) is 16.6. The Labute approximate surface area is 144 Å². The Morgan fingerprint density at radius 3 is 2.44 bits per heavy atom. The second-order valence-corrected chi connectivity index (χ2v) is 5.75. The highest BCUT2D eigenvalue weighted by Gasteiger charge is 2.12. The Kier molecular flexibility index (Phi) is 4.75. The van der Waals surface area contributed by atoms with E-state index in [1.165, 1.54) is 12.1 Å². The fourth-order valence-electron chi connectivity index (χ4n) is 2.47. The molecular formula is C20H17FN2O2. The number of H-pyrrole nitrogens is 1. The van der Waals surface area contributed by atoms with Crippen LogP contribution in [0.4, 0.5) is 4.39 Å². The maximum absolute atomic E-state index is 13.6. The standard InChI is InChI=1S/C20H17FN2O2/c1-13-6-8-14(9-7-13)18-11-10-16(20(25)23-18)19(24)22-12-15-4-2-3-5-17(15)21/h2-11H,12H2,1H3,(H,22,24)(H,23,25). The Hall–Kier alpha value is -3.21. The number of aromatic amines is 1. The third kappa shape index (κ3) is 3.83. The minimum absolute atomic E-state index is 0.00722. The first-order chi connectivity index (χ1) is 12.0. The number of aromatic nitrogens is 1. The summed E-state index contributed by atoms with van der Waals surface area (Å²) in [5, 5.41) is 2.56. The van der Waals surface area contributed by atoms with Crippen molar-refractivity contribution < 1.29 is 9.18 Å². The third-order valence-corrected chi connectivity index (χ3v) is 3.91. The zero-order valence-corrected chi connectivity index (χ0v) is 13.7. The second kappa shape index (κ2) is 7.13. The Morgan fingerprint density at radius 2 is 1.76 bits per heavy atom. The lowest BCUT2D eigenvalue weighted by Crippen LogP contribution is -2.29. The number of amides is 1. The zero-order valence-electron chi connectivity index (χ0n) is 13.7. The van der Waals surface area contributed by atoms with E-state index in [2.05, 4.69) is 10.3 Å². The van der Waals surface area contributed by atoms with Crippen LogP contribution in [0, 0.1) is 12.7 Å². The number of aryl methyl sites for hydroxylation is 1. The number of pyridine rings is 1. The molecule has 1 amide bonds. The number of carbonyl (C=O) groups excluding carboxylic acids is 1.